The minimum absolute atomic E-state index is 0.0758. The lowest BCUT2D eigenvalue weighted by molar-refractivity contribution is -0.143. The predicted molar refractivity (Wildman–Crippen MR) is 99.5 cm³/mol. The quantitative estimate of drug-likeness (QED) is 0.646. The first kappa shape index (κ1) is 17.9. The van der Waals surface area contributed by atoms with Crippen molar-refractivity contribution >= 4 is 23.3 Å². The fourth-order valence-corrected chi connectivity index (χ4v) is 4.19. The second-order valence-corrected chi connectivity index (χ2v) is 7.68. The van der Waals surface area contributed by atoms with Gasteiger partial charge in [-0.1, -0.05) is 19.9 Å². The normalized spacial score (nSPS) is 23.0. The molecule has 1 N–H and O–H groups in total. The zero-order valence-electron chi connectivity index (χ0n) is 14.9. The molecular formula is C18H25N3O3S. The lowest BCUT2D eigenvalue weighted by Crippen LogP contribution is -2.55. The highest BCUT2D eigenvalue weighted by molar-refractivity contribution is 7.80. The number of piperidine rings is 1. The molecule has 2 bridgehead atoms. The molecule has 136 valence electrons. The van der Waals surface area contributed by atoms with Crippen LogP contribution in [0.3, 0.4) is 0 Å². The number of hydrogen-bond acceptors (Lipinski definition) is 4. The van der Waals surface area contributed by atoms with Crippen molar-refractivity contribution < 1.29 is 9.53 Å². The van der Waals surface area contributed by atoms with Gasteiger partial charge >= 0.3 is 5.97 Å². The number of methoxy groups -OCH3 is 1. The van der Waals surface area contributed by atoms with E-state index in [0.717, 1.165) is 31.7 Å². The Morgan fingerprint density at radius 2 is 2.08 bits per heavy atom. The molecule has 25 heavy (non-hydrogen) atoms. The summed E-state index contributed by atoms with van der Waals surface area (Å²) in [5.41, 5.74) is 1.16. The number of carbonyl (C=O) groups excluding carboxylic acids is 1. The molecule has 3 atom stereocenters. The summed E-state index contributed by atoms with van der Waals surface area (Å²) < 4.78 is 6.78. The molecule has 0 radical (unpaired) electrons. The van der Waals surface area contributed by atoms with E-state index in [1.54, 1.807) is 6.07 Å². The average Bonchev–Trinajstić information content (AvgIpc) is 2.59. The molecule has 1 saturated heterocycles. The predicted octanol–water partition coefficient (Wildman–Crippen LogP) is 1.34. The number of hydrogen-bond donors (Lipinski definition) is 1. The van der Waals surface area contributed by atoms with Gasteiger partial charge in [-0.15, -0.1) is 0 Å². The van der Waals surface area contributed by atoms with Gasteiger partial charge < -0.3 is 19.5 Å². The van der Waals surface area contributed by atoms with E-state index in [-0.39, 0.29) is 23.4 Å². The van der Waals surface area contributed by atoms with Gasteiger partial charge in [-0.3, -0.25) is 4.79 Å². The van der Waals surface area contributed by atoms with Crippen LogP contribution in [-0.4, -0.2) is 46.8 Å². The van der Waals surface area contributed by atoms with Crippen LogP contribution in [0.5, 0.6) is 0 Å². The van der Waals surface area contributed by atoms with Crippen LogP contribution in [-0.2, 0) is 16.1 Å². The highest BCUT2D eigenvalue weighted by atomic mass is 32.1. The zero-order chi connectivity index (χ0) is 18.1. The standard InChI is InChI=1S/C18H25N3O3S/c1-11(2)16(17(23)24-3)19-18(25)20-8-12-7-13(10-20)14-5-4-6-15(22)21(14)9-12/h4-6,11-13,16H,7-10H2,1-3H3,(H,19,25)/t12-,13+,16-/m0/s1. The molecule has 6 nitrogen and oxygen atoms in total. The van der Waals surface area contributed by atoms with E-state index >= 15 is 0 Å². The van der Waals surface area contributed by atoms with E-state index < -0.39 is 6.04 Å². The molecule has 0 aliphatic carbocycles. The van der Waals surface area contributed by atoms with Crippen LogP contribution < -0.4 is 10.9 Å². The summed E-state index contributed by atoms with van der Waals surface area (Å²) in [4.78, 5) is 26.2. The van der Waals surface area contributed by atoms with E-state index in [0.29, 0.717) is 11.0 Å². The van der Waals surface area contributed by atoms with Crippen LogP contribution in [0.25, 0.3) is 0 Å². The topological polar surface area (TPSA) is 63.6 Å². The van der Waals surface area contributed by atoms with E-state index in [1.807, 2.05) is 30.5 Å². The van der Waals surface area contributed by atoms with Crippen molar-refractivity contribution in [2.75, 3.05) is 20.2 Å². The van der Waals surface area contributed by atoms with Gasteiger partial charge in [0.1, 0.15) is 6.04 Å². The number of thiocarbonyl (C=S) groups is 1. The number of nitrogens with zero attached hydrogens (tertiary/aromatic N) is 2. The molecule has 2 aliphatic heterocycles. The van der Waals surface area contributed by atoms with Gasteiger partial charge in [-0.05, 0) is 36.5 Å². The molecule has 0 saturated carbocycles. The number of pyridine rings is 1. The Labute approximate surface area is 153 Å². The monoisotopic (exact) mass is 363 g/mol. The van der Waals surface area contributed by atoms with Crippen molar-refractivity contribution in [1.82, 2.24) is 14.8 Å². The number of nitrogens with one attached hydrogen (secondary N) is 1. The van der Waals surface area contributed by atoms with Crippen molar-refractivity contribution in [2.45, 2.75) is 38.8 Å². The van der Waals surface area contributed by atoms with Crippen LogP contribution in [0.4, 0.5) is 0 Å². The third-order valence-corrected chi connectivity index (χ3v) is 5.54. The maximum atomic E-state index is 12.1. The molecule has 1 aromatic heterocycles. The van der Waals surface area contributed by atoms with Gasteiger partial charge in [-0.25, -0.2) is 4.79 Å². The third kappa shape index (κ3) is 3.56. The Balaban J connectivity index is 1.75. The molecule has 1 aromatic rings. The summed E-state index contributed by atoms with van der Waals surface area (Å²) in [6.07, 6.45) is 1.08. The molecule has 0 spiro atoms. The molecule has 7 heteroatoms. The second-order valence-electron chi connectivity index (χ2n) is 7.30. The molecule has 0 amide bonds. The first-order valence-corrected chi connectivity index (χ1v) is 9.14. The largest absolute Gasteiger partial charge is 0.467 e. The molecular weight excluding hydrogens is 338 g/mol. The van der Waals surface area contributed by atoms with Gasteiger partial charge in [0.05, 0.1) is 7.11 Å². The number of aromatic nitrogens is 1. The van der Waals surface area contributed by atoms with Crippen LogP contribution in [0.1, 0.15) is 31.9 Å². The number of ether oxygens (including phenoxy) is 1. The Morgan fingerprint density at radius 3 is 2.76 bits per heavy atom. The number of esters is 1. The summed E-state index contributed by atoms with van der Waals surface area (Å²) >= 11 is 5.58. The number of likely N-dealkylation sites (tertiary alicyclic amines) is 1. The third-order valence-electron chi connectivity index (χ3n) is 5.17. The van der Waals surface area contributed by atoms with Gasteiger partial charge in [0.2, 0.25) is 0 Å². The first-order valence-electron chi connectivity index (χ1n) is 8.73. The van der Waals surface area contributed by atoms with E-state index in [1.165, 1.54) is 7.11 Å². The smallest absolute Gasteiger partial charge is 0.328 e. The summed E-state index contributed by atoms with van der Waals surface area (Å²) in [6, 6.07) is 5.04. The maximum Gasteiger partial charge on any atom is 0.328 e. The maximum absolute atomic E-state index is 12.1. The van der Waals surface area contributed by atoms with Gasteiger partial charge in [0.25, 0.3) is 5.56 Å². The lowest BCUT2D eigenvalue weighted by Gasteiger charge is -2.44. The van der Waals surface area contributed by atoms with Crippen molar-refractivity contribution in [1.29, 1.82) is 0 Å². The van der Waals surface area contributed by atoms with Crippen LogP contribution in [0.15, 0.2) is 23.0 Å². The SMILES string of the molecule is COC(=O)[C@@H](NC(=S)N1C[C@@H]2C[C@H](C1)c1cccc(=O)n1C2)C(C)C. The lowest BCUT2D eigenvalue weighted by atomic mass is 9.83. The van der Waals surface area contributed by atoms with Crippen LogP contribution >= 0.6 is 12.2 Å². The molecule has 1 fully saturated rings. The molecule has 3 rings (SSSR count). The van der Waals surface area contributed by atoms with E-state index in [2.05, 4.69) is 10.2 Å². The van der Waals surface area contributed by atoms with E-state index in [9.17, 15) is 9.59 Å². The fourth-order valence-electron chi connectivity index (χ4n) is 3.91. The summed E-state index contributed by atoms with van der Waals surface area (Å²) in [5.74, 6) is 0.457. The number of fused-ring (bicyclic) bond motifs is 4. The van der Waals surface area contributed by atoms with Gasteiger partial charge in [0, 0.05) is 37.3 Å². The van der Waals surface area contributed by atoms with Gasteiger partial charge in [-0.2, -0.15) is 0 Å². The number of carbonyl (C=O) groups is 1. The summed E-state index contributed by atoms with van der Waals surface area (Å²) in [7, 11) is 1.39. The van der Waals surface area contributed by atoms with Crippen LogP contribution in [0.2, 0.25) is 0 Å². The fraction of sp³-hybridized carbons (Fsp3) is 0.611. The molecule has 0 aromatic carbocycles. The van der Waals surface area contributed by atoms with Crippen molar-refractivity contribution in [3.63, 3.8) is 0 Å². The zero-order valence-corrected chi connectivity index (χ0v) is 15.7. The van der Waals surface area contributed by atoms with Crippen molar-refractivity contribution in [2.24, 2.45) is 11.8 Å². The van der Waals surface area contributed by atoms with Gasteiger partial charge in [0.15, 0.2) is 5.11 Å². The van der Waals surface area contributed by atoms with Crippen molar-refractivity contribution in [3.8, 4) is 0 Å². The minimum atomic E-state index is -0.450. The Bertz CT molecular complexity index is 731. The average molecular weight is 363 g/mol. The summed E-state index contributed by atoms with van der Waals surface area (Å²) in [6.45, 7) is 6.22. The second kappa shape index (κ2) is 7.15. The highest BCUT2D eigenvalue weighted by Crippen LogP contribution is 2.34. The Morgan fingerprint density at radius 1 is 1.32 bits per heavy atom. The highest BCUT2D eigenvalue weighted by Gasteiger charge is 2.36. The number of rotatable bonds is 3. The Kier molecular flexibility index (Phi) is 5.13. The van der Waals surface area contributed by atoms with Crippen molar-refractivity contribution in [3.05, 3.63) is 34.2 Å². The molecule has 2 aliphatic rings. The Hall–Kier alpha value is -1.89. The van der Waals surface area contributed by atoms with E-state index in [4.69, 9.17) is 17.0 Å². The molecule has 0 unspecified atom stereocenters. The van der Waals surface area contributed by atoms with Crippen LogP contribution in [0, 0.1) is 11.8 Å². The first-order chi connectivity index (χ1) is 11.9. The molecule has 3 heterocycles. The minimum Gasteiger partial charge on any atom is -0.467 e. The summed E-state index contributed by atoms with van der Waals surface area (Å²) in [5, 5.41) is 3.76.